The van der Waals surface area contributed by atoms with Gasteiger partial charge in [-0.2, -0.15) is 13.2 Å². The molecule has 28 heavy (non-hydrogen) atoms. The van der Waals surface area contributed by atoms with E-state index in [9.17, 15) is 27.3 Å². The van der Waals surface area contributed by atoms with Gasteiger partial charge in [0, 0.05) is 6.21 Å². The van der Waals surface area contributed by atoms with Crippen LogP contribution in [-0.4, -0.2) is 37.0 Å². The van der Waals surface area contributed by atoms with E-state index in [0.717, 1.165) is 29.2 Å². The van der Waals surface area contributed by atoms with Crippen molar-refractivity contribution >= 4 is 31.3 Å². The highest BCUT2D eigenvalue weighted by Gasteiger charge is 2.59. The molecule has 1 aromatic rings. The molecule has 1 saturated heterocycles. The van der Waals surface area contributed by atoms with Crippen molar-refractivity contribution in [3.8, 4) is 0 Å². The first-order valence-electron chi connectivity index (χ1n) is 8.61. The quantitative estimate of drug-likeness (QED) is 0.522. The first-order chi connectivity index (χ1) is 13.1. The molecule has 0 radical (unpaired) electrons. The van der Waals surface area contributed by atoms with Crippen LogP contribution in [0.5, 0.6) is 0 Å². The highest BCUT2D eigenvalue weighted by Crippen LogP contribution is 2.60. The van der Waals surface area contributed by atoms with Crippen LogP contribution in [0.15, 0.2) is 29.3 Å². The van der Waals surface area contributed by atoms with Crippen LogP contribution in [0.4, 0.5) is 18.9 Å². The Balaban J connectivity index is 1.91. The number of amides is 2. The molecule has 2 heterocycles. The number of hydrogen-bond donors (Lipinski definition) is 0. The highest BCUT2D eigenvalue weighted by atomic mass is 31.2. The minimum Gasteiger partial charge on any atom is -0.307 e. The van der Waals surface area contributed by atoms with Crippen molar-refractivity contribution in [3.05, 3.63) is 29.8 Å². The molecule has 3 atom stereocenters. The maximum absolute atomic E-state index is 13.0. The second kappa shape index (κ2) is 7.42. The number of hydrogen-bond acceptors (Lipinski definition) is 6. The molecule has 2 amide bonds. The Hall–Kier alpha value is -2.03. The van der Waals surface area contributed by atoms with Crippen LogP contribution >= 0.6 is 7.60 Å². The Morgan fingerprint density at radius 1 is 1.07 bits per heavy atom. The molecule has 11 heteroatoms. The summed E-state index contributed by atoms with van der Waals surface area (Å²) in [6, 6.07) is 3.69. The number of aliphatic imine (C=N–C) groups is 1. The van der Waals surface area contributed by atoms with Gasteiger partial charge in [-0.25, -0.2) is 4.90 Å². The maximum Gasteiger partial charge on any atom is 0.416 e. The standard InChI is InChI=1S/C17H18F3N2O5P/c1-3-26-28(25,27-4-2)14-13-12(9-21-14)15(23)22(16(13)24)11-7-5-10(6-8-11)17(18,19)20/h5-9,12-14H,3-4H2,1-2H3/t12-,13-,14+/m1/s1. The number of carbonyl (C=O) groups excluding carboxylic acids is 2. The second-order valence-corrected chi connectivity index (χ2v) is 8.32. The highest BCUT2D eigenvalue weighted by molar-refractivity contribution is 7.54. The summed E-state index contributed by atoms with van der Waals surface area (Å²) in [5.41, 5.74) is -0.889. The van der Waals surface area contributed by atoms with Crippen LogP contribution in [0.2, 0.25) is 0 Å². The van der Waals surface area contributed by atoms with Crippen LogP contribution in [0.25, 0.3) is 0 Å². The number of benzene rings is 1. The summed E-state index contributed by atoms with van der Waals surface area (Å²) in [5, 5.41) is 0. The maximum atomic E-state index is 13.0. The van der Waals surface area contributed by atoms with Crippen LogP contribution in [-0.2, 0) is 29.4 Å². The molecule has 2 aliphatic rings. The van der Waals surface area contributed by atoms with E-state index in [0.29, 0.717) is 0 Å². The summed E-state index contributed by atoms with van der Waals surface area (Å²) in [5.74, 6) is -4.56. The number of alkyl halides is 3. The fraction of sp³-hybridized carbons (Fsp3) is 0.471. The molecule has 2 aliphatic heterocycles. The monoisotopic (exact) mass is 418 g/mol. The van der Waals surface area contributed by atoms with E-state index in [1.54, 1.807) is 13.8 Å². The third-order valence-corrected chi connectivity index (χ3v) is 6.85. The number of halogens is 3. The van der Waals surface area contributed by atoms with E-state index in [1.165, 1.54) is 6.21 Å². The van der Waals surface area contributed by atoms with Crippen LogP contribution in [0, 0.1) is 11.8 Å². The fourth-order valence-corrected chi connectivity index (χ4v) is 5.39. The molecule has 0 bridgehead atoms. The number of fused-ring (bicyclic) bond motifs is 1. The molecular weight excluding hydrogens is 400 g/mol. The van der Waals surface area contributed by atoms with Crippen molar-refractivity contribution in [1.82, 2.24) is 0 Å². The molecular formula is C17H18F3N2O5P. The zero-order valence-corrected chi connectivity index (χ0v) is 15.9. The van der Waals surface area contributed by atoms with Crippen molar-refractivity contribution in [1.29, 1.82) is 0 Å². The summed E-state index contributed by atoms with van der Waals surface area (Å²) in [6.45, 7) is 3.34. The van der Waals surface area contributed by atoms with Gasteiger partial charge in [0.25, 0.3) is 0 Å². The molecule has 3 rings (SSSR count). The Kier molecular flexibility index (Phi) is 5.49. The predicted octanol–water partition coefficient (Wildman–Crippen LogP) is 3.49. The van der Waals surface area contributed by atoms with Crippen LogP contribution < -0.4 is 4.90 Å². The van der Waals surface area contributed by atoms with Gasteiger partial charge in [0.1, 0.15) is 0 Å². The van der Waals surface area contributed by atoms with Crippen molar-refractivity contribution in [2.75, 3.05) is 18.1 Å². The van der Waals surface area contributed by atoms with Gasteiger partial charge in [-0.1, -0.05) is 0 Å². The SMILES string of the molecule is CCOP(=O)(OCC)[C@@H]1N=C[C@H]2C(=O)N(c3ccc(C(F)(F)F)cc3)C(=O)[C@@H]12. The van der Waals surface area contributed by atoms with E-state index >= 15 is 0 Å². The number of nitrogens with zero attached hydrogens (tertiary/aromatic N) is 2. The van der Waals surface area contributed by atoms with Gasteiger partial charge >= 0.3 is 13.8 Å². The summed E-state index contributed by atoms with van der Waals surface area (Å²) in [4.78, 5) is 30.5. The number of carbonyl (C=O) groups is 2. The Labute approximate surface area is 159 Å². The second-order valence-electron chi connectivity index (χ2n) is 6.20. The van der Waals surface area contributed by atoms with Crippen LogP contribution in [0.3, 0.4) is 0 Å². The van der Waals surface area contributed by atoms with E-state index in [4.69, 9.17) is 9.05 Å². The molecule has 152 valence electrons. The Bertz CT molecular complexity index is 845. The number of rotatable bonds is 6. The molecule has 0 aromatic heterocycles. The van der Waals surface area contributed by atoms with Gasteiger partial charge < -0.3 is 9.05 Å². The van der Waals surface area contributed by atoms with Crippen LogP contribution in [0.1, 0.15) is 19.4 Å². The molecule has 0 unspecified atom stereocenters. The molecule has 0 saturated carbocycles. The zero-order valence-electron chi connectivity index (χ0n) is 15.0. The lowest BCUT2D eigenvalue weighted by Crippen LogP contribution is -2.33. The molecule has 0 N–H and O–H groups in total. The molecule has 7 nitrogen and oxygen atoms in total. The topological polar surface area (TPSA) is 85.3 Å². The third kappa shape index (κ3) is 3.40. The third-order valence-electron chi connectivity index (χ3n) is 4.51. The minimum atomic E-state index is -4.53. The van der Waals surface area contributed by atoms with E-state index in [1.807, 2.05) is 0 Å². The van der Waals surface area contributed by atoms with Gasteiger partial charge in [-0.15, -0.1) is 0 Å². The van der Waals surface area contributed by atoms with Gasteiger partial charge in [0.15, 0.2) is 5.78 Å². The predicted molar refractivity (Wildman–Crippen MR) is 94.1 cm³/mol. The average Bonchev–Trinajstić information content (AvgIpc) is 3.16. The number of anilines is 1. The van der Waals surface area contributed by atoms with Crippen molar-refractivity contribution in [3.63, 3.8) is 0 Å². The van der Waals surface area contributed by atoms with Gasteiger partial charge in [-0.3, -0.25) is 19.1 Å². The summed E-state index contributed by atoms with van der Waals surface area (Å²) in [6.07, 6.45) is -3.29. The lowest BCUT2D eigenvalue weighted by Gasteiger charge is -2.25. The first kappa shape index (κ1) is 20.7. The lowest BCUT2D eigenvalue weighted by molar-refractivity contribution is -0.137. The van der Waals surface area contributed by atoms with Crippen molar-refractivity contribution < 1.29 is 36.4 Å². The summed E-state index contributed by atoms with van der Waals surface area (Å²) < 4.78 is 61.8. The van der Waals surface area contributed by atoms with Gasteiger partial charge in [0.05, 0.1) is 36.3 Å². The summed E-state index contributed by atoms with van der Waals surface area (Å²) in [7, 11) is -3.80. The first-order valence-corrected chi connectivity index (χ1v) is 10.2. The normalized spacial score (nSPS) is 24.9. The Morgan fingerprint density at radius 3 is 2.14 bits per heavy atom. The molecule has 0 spiro atoms. The van der Waals surface area contributed by atoms with Crippen molar-refractivity contribution in [2.45, 2.75) is 25.8 Å². The molecule has 1 aromatic carbocycles. The summed E-state index contributed by atoms with van der Waals surface area (Å²) >= 11 is 0. The van der Waals surface area contributed by atoms with Crippen molar-refractivity contribution in [2.24, 2.45) is 16.8 Å². The fourth-order valence-electron chi connectivity index (χ4n) is 3.34. The molecule has 0 aliphatic carbocycles. The average molecular weight is 418 g/mol. The van der Waals surface area contributed by atoms with Gasteiger partial charge in [-0.05, 0) is 38.1 Å². The lowest BCUT2D eigenvalue weighted by atomic mass is 9.99. The molecule has 1 fully saturated rings. The number of imide groups is 1. The van der Waals surface area contributed by atoms with E-state index < -0.39 is 48.8 Å². The van der Waals surface area contributed by atoms with Gasteiger partial charge in [0.2, 0.25) is 11.8 Å². The van der Waals surface area contributed by atoms with E-state index in [2.05, 4.69) is 4.99 Å². The zero-order chi connectivity index (χ0) is 20.7. The smallest absolute Gasteiger partial charge is 0.307 e. The minimum absolute atomic E-state index is 0.00667. The Morgan fingerprint density at radius 2 is 1.64 bits per heavy atom. The van der Waals surface area contributed by atoms with E-state index in [-0.39, 0.29) is 18.9 Å². The largest absolute Gasteiger partial charge is 0.416 e.